The molecular weight excluding hydrogens is 458 g/mol. The van der Waals surface area contributed by atoms with Crippen molar-refractivity contribution < 1.29 is 13.9 Å². The molecule has 0 aliphatic rings. The lowest BCUT2D eigenvalue weighted by molar-refractivity contribution is -0.144. The zero-order valence-corrected chi connectivity index (χ0v) is 17.1. The third-order valence-electron chi connectivity index (χ3n) is 3.22. The summed E-state index contributed by atoms with van der Waals surface area (Å²) in [4.78, 5) is 18.4. The number of aromatic nitrogens is 3. The number of thiazole rings is 1. The van der Waals surface area contributed by atoms with Gasteiger partial charge in [-0.3, -0.25) is 4.79 Å². The quantitative estimate of drug-likeness (QED) is 0.370. The van der Waals surface area contributed by atoms with Crippen LogP contribution < -0.4 is 0 Å². The van der Waals surface area contributed by atoms with E-state index in [0.717, 1.165) is 18.5 Å². The molecule has 0 amide bonds. The van der Waals surface area contributed by atoms with E-state index >= 15 is 0 Å². The molecule has 4 aromatic heterocycles. The third-order valence-corrected chi connectivity index (χ3v) is 6.76. The number of ether oxygens (including phenoxy) is 1. The number of nitrogens with zero attached hydrogens (tertiary/aromatic N) is 3. The molecule has 0 atom stereocenters. The van der Waals surface area contributed by atoms with Crippen LogP contribution in [0.15, 0.2) is 43.2 Å². The number of carbonyl (C=O) groups excluding carboxylic acids is 1. The van der Waals surface area contributed by atoms with E-state index in [1.807, 2.05) is 35.0 Å². The first-order chi connectivity index (χ1) is 12.7. The number of halogens is 1. The molecule has 26 heavy (non-hydrogen) atoms. The number of rotatable bonds is 6. The molecule has 0 saturated heterocycles. The van der Waals surface area contributed by atoms with E-state index in [4.69, 9.17) is 9.15 Å². The van der Waals surface area contributed by atoms with E-state index < -0.39 is 0 Å². The molecular formula is C16H10BrN3O3S3. The Labute approximate surface area is 168 Å². The molecule has 0 spiro atoms. The fourth-order valence-corrected chi connectivity index (χ4v) is 5.02. The van der Waals surface area contributed by atoms with Crippen molar-refractivity contribution in [3.05, 3.63) is 50.4 Å². The molecule has 0 fully saturated rings. The van der Waals surface area contributed by atoms with Crippen LogP contribution in [0.1, 0.15) is 11.6 Å². The van der Waals surface area contributed by atoms with Gasteiger partial charge in [0.15, 0.2) is 6.61 Å². The van der Waals surface area contributed by atoms with Gasteiger partial charge in [-0.2, -0.15) is 0 Å². The lowest BCUT2D eigenvalue weighted by Crippen LogP contribution is -2.08. The molecule has 0 aliphatic heterocycles. The van der Waals surface area contributed by atoms with Gasteiger partial charge in [0.2, 0.25) is 0 Å². The van der Waals surface area contributed by atoms with Gasteiger partial charge in [0, 0.05) is 5.38 Å². The third kappa shape index (κ3) is 4.09. The minimum atomic E-state index is -0.383. The summed E-state index contributed by atoms with van der Waals surface area (Å²) < 4.78 is 11.7. The van der Waals surface area contributed by atoms with Crippen LogP contribution in [0.3, 0.4) is 0 Å². The predicted octanol–water partition coefficient (Wildman–Crippen LogP) is 5.03. The maximum Gasteiger partial charge on any atom is 0.312 e. The smallest absolute Gasteiger partial charge is 0.312 e. The van der Waals surface area contributed by atoms with E-state index in [2.05, 4.69) is 31.1 Å². The van der Waals surface area contributed by atoms with Crippen molar-refractivity contribution in [2.45, 2.75) is 13.0 Å². The van der Waals surface area contributed by atoms with Crippen LogP contribution >= 0.6 is 49.9 Å². The van der Waals surface area contributed by atoms with Crippen molar-refractivity contribution in [3.63, 3.8) is 0 Å². The summed E-state index contributed by atoms with van der Waals surface area (Å²) in [6, 6.07) is 7.77. The van der Waals surface area contributed by atoms with Crippen LogP contribution in [0.25, 0.3) is 20.7 Å². The van der Waals surface area contributed by atoms with Crippen molar-refractivity contribution >= 4 is 55.9 Å². The SMILES string of the molecule is O=C(Cc1csc(-c2cccs2)n1)OCc1nnc(-c2ccc(Br)s2)o1. The molecule has 0 bridgehead atoms. The van der Waals surface area contributed by atoms with Gasteiger partial charge in [-0.05, 0) is 39.5 Å². The molecule has 0 aliphatic carbocycles. The average molecular weight is 468 g/mol. The normalized spacial score (nSPS) is 11.0. The lowest BCUT2D eigenvalue weighted by atomic mass is 10.3. The van der Waals surface area contributed by atoms with E-state index in [-0.39, 0.29) is 24.9 Å². The number of esters is 1. The molecule has 0 radical (unpaired) electrons. The van der Waals surface area contributed by atoms with Crippen LogP contribution in [0.2, 0.25) is 0 Å². The van der Waals surface area contributed by atoms with Gasteiger partial charge in [-0.15, -0.1) is 44.2 Å². The Kier molecular flexibility index (Phi) is 5.25. The molecule has 0 aromatic carbocycles. The second kappa shape index (κ2) is 7.78. The van der Waals surface area contributed by atoms with Crippen molar-refractivity contribution in [1.82, 2.24) is 15.2 Å². The highest BCUT2D eigenvalue weighted by molar-refractivity contribution is 9.11. The highest BCUT2D eigenvalue weighted by Gasteiger charge is 2.14. The van der Waals surface area contributed by atoms with E-state index in [0.29, 0.717) is 11.6 Å². The van der Waals surface area contributed by atoms with Crippen LogP contribution in [0, 0.1) is 0 Å². The average Bonchev–Trinajstić information content (AvgIpc) is 3.39. The first-order valence-electron chi connectivity index (χ1n) is 7.39. The summed E-state index contributed by atoms with van der Waals surface area (Å²) in [5.41, 5.74) is 0.693. The Morgan fingerprint density at radius 2 is 2.12 bits per heavy atom. The molecule has 6 nitrogen and oxygen atoms in total. The Balaban J connectivity index is 1.32. The van der Waals surface area contributed by atoms with Crippen LogP contribution in [0.5, 0.6) is 0 Å². The van der Waals surface area contributed by atoms with Crippen LogP contribution in [-0.4, -0.2) is 21.2 Å². The standard InChI is InChI=1S/C16H10BrN3O3S3/c17-12-4-3-10(26-12)15-20-19-13(23-15)7-22-14(21)6-9-8-25-16(18-9)11-2-1-5-24-11/h1-5,8H,6-7H2. The summed E-state index contributed by atoms with van der Waals surface area (Å²) in [6.45, 7) is -0.0553. The van der Waals surface area contributed by atoms with E-state index in [9.17, 15) is 4.79 Å². The predicted molar refractivity (Wildman–Crippen MR) is 104 cm³/mol. The van der Waals surface area contributed by atoms with Gasteiger partial charge < -0.3 is 9.15 Å². The van der Waals surface area contributed by atoms with E-state index in [1.54, 1.807) is 11.3 Å². The summed E-state index contributed by atoms with van der Waals surface area (Å²) >= 11 is 8.01. The monoisotopic (exact) mass is 467 g/mol. The summed E-state index contributed by atoms with van der Waals surface area (Å²) in [5, 5.41) is 12.6. The first-order valence-corrected chi connectivity index (χ1v) is 10.8. The van der Waals surface area contributed by atoms with Crippen molar-refractivity contribution in [3.8, 4) is 20.7 Å². The topological polar surface area (TPSA) is 78.1 Å². The molecule has 0 N–H and O–H groups in total. The Morgan fingerprint density at radius 3 is 2.88 bits per heavy atom. The largest absolute Gasteiger partial charge is 0.455 e. The minimum absolute atomic E-state index is 0.0553. The van der Waals surface area contributed by atoms with Gasteiger partial charge in [0.1, 0.15) is 5.01 Å². The van der Waals surface area contributed by atoms with Gasteiger partial charge in [0.05, 0.1) is 25.7 Å². The molecule has 0 unspecified atom stereocenters. The summed E-state index contributed by atoms with van der Waals surface area (Å²) in [6.07, 6.45) is 0.112. The fourth-order valence-electron chi connectivity index (χ4n) is 2.08. The van der Waals surface area contributed by atoms with Gasteiger partial charge >= 0.3 is 5.97 Å². The maximum atomic E-state index is 12.0. The lowest BCUT2D eigenvalue weighted by Gasteiger charge is -1.99. The van der Waals surface area contributed by atoms with Crippen molar-refractivity contribution in [2.24, 2.45) is 0 Å². The zero-order chi connectivity index (χ0) is 17.9. The zero-order valence-electron chi connectivity index (χ0n) is 13.0. The molecule has 4 aromatic rings. The summed E-state index contributed by atoms with van der Waals surface area (Å²) in [5.74, 6) is 0.286. The fraction of sp³-hybridized carbons (Fsp3) is 0.125. The van der Waals surface area contributed by atoms with E-state index in [1.165, 1.54) is 22.7 Å². The first kappa shape index (κ1) is 17.5. The van der Waals surface area contributed by atoms with Crippen LogP contribution in [-0.2, 0) is 22.6 Å². The Morgan fingerprint density at radius 1 is 1.19 bits per heavy atom. The maximum absolute atomic E-state index is 12.0. The van der Waals surface area contributed by atoms with Gasteiger partial charge in [-0.1, -0.05) is 6.07 Å². The summed E-state index contributed by atoms with van der Waals surface area (Å²) in [7, 11) is 0. The Bertz CT molecular complexity index is 1020. The molecule has 10 heteroatoms. The van der Waals surface area contributed by atoms with Gasteiger partial charge in [-0.25, -0.2) is 4.98 Å². The van der Waals surface area contributed by atoms with Crippen molar-refractivity contribution in [2.75, 3.05) is 0 Å². The Hall–Kier alpha value is -1.88. The van der Waals surface area contributed by atoms with Crippen molar-refractivity contribution in [1.29, 1.82) is 0 Å². The number of thiophene rings is 2. The second-order valence-corrected chi connectivity index (χ2v) is 9.33. The minimum Gasteiger partial charge on any atom is -0.455 e. The number of carbonyl (C=O) groups is 1. The number of hydrogen-bond donors (Lipinski definition) is 0. The highest BCUT2D eigenvalue weighted by Crippen LogP contribution is 2.30. The number of hydrogen-bond acceptors (Lipinski definition) is 9. The molecule has 4 heterocycles. The molecule has 4 rings (SSSR count). The molecule has 132 valence electrons. The second-order valence-electron chi connectivity index (χ2n) is 5.06. The van der Waals surface area contributed by atoms with Crippen LogP contribution in [0.4, 0.5) is 0 Å². The molecule has 0 saturated carbocycles. The van der Waals surface area contributed by atoms with Gasteiger partial charge in [0.25, 0.3) is 11.8 Å². The highest BCUT2D eigenvalue weighted by atomic mass is 79.9.